The number of carbonyl (C=O) groups excluding carboxylic acids is 1. The largest absolute Gasteiger partial charge is 0.494 e. The lowest BCUT2D eigenvalue weighted by molar-refractivity contribution is -0.143. The number of carboxylic acid groups (broad SMARTS) is 1. The summed E-state index contributed by atoms with van der Waals surface area (Å²) in [5, 5.41) is 10.2. The van der Waals surface area contributed by atoms with Gasteiger partial charge in [-0.05, 0) is 44.0 Å². The zero-order valence-electron chi connectivity index (χ0n) is 17.4. The number of carboxylic acids is 1. The summed E-state index contributed by atoms with van der Waals surface area (Å²) in [6.07, 6.45) is 1.53. The van der Waals surface area contributed by atoms with Gasteiger partial charge in [-0.3, -0.25) is 9.59 Å². The van der Waals surface area contributed by atoms with Crippen LogP contribution in [0.15, 0.2) is 36.4 Å². The van der Waals surface area contributed by atoms with Crippen molar-refractivity contribution in [2.75, 3.05) is 19.8 Å². The van der Waals surface area contributed by atoms with E-state index in [1.165, 1.54) is 0 Å². The van der Waals surface area contributed by atoms with E-state index in [1.807, 2.05) is 0 Å². The second-order valence-electron chi connectivity index (χ2n) is 6.25. The smallest absolute Gasteiger partial charge is 0.305 e. The van der Waals surface area contributed by atoms with Gasteiger partial charge in [-0.1, -0.05) is 46.4 Å². The molecule has 0 aliphatic rings. The van der Waals surface area contributed by atoms with E-state index >= 15 is 0 Å². The van der Waals surface area contributed by atoms with Gasteiger partial charge in [0.05, 0.1) is 39.9 Å². The zero-order chi connectivity index (χ0) is 23.9. The van der Waals surface area contributed by atoms with Crippen LogP contribution in [0.2, 0.25) is 20.1 Å². The fourth-order valence-electron chi connectivity index (χ4n) is 2.19. The highest BCUT2D eigenvalue weighted by Gasteiger charge is 2.03. The van der Waals surface area contributed by atoms with Crippen LogP contribution in [0.4, 0.5) is 0 Å². The molecule has 2 rings (SSSR count). The van der Waals surface area contributed by atoms with Crippen molar-refractivity contribution < 1.29 is 28.9 Å². The van der Waals surface area contributed by atoms with Crippen LogP contribution in [0.1, 0.15) is 32.6 Å². The molecule has 2 aromatic rings. The molecule has 32 heavy (non-hydrogen) atoms. The van der Waals surface area contributed by atoms with Crippen molar-refractivity contribution in [3.8, 4) is 11.5 Å². The van der Waals surface area contributed by atoms with Crippen molar-refractivity contribution in [1.29, 1.82) is 0 Å². The molecule has 0 heterocycles. The second kappa shape index (κ2) is 15.9. The van der Waals surface area contributed by atoms with Crippen molar-refractivity contribution >= 4 is 58.3 Å². The Kier molecular flexibility index (Phi) is 14.0. The molecule has 0 aromatic heterocycles. The molecule has 0 aliphatic heterocycles. The second-order valence-corrected chi connectivity index (χ2v) is 7.88. The van der Waals surface area contributed by atoms with Gasteiger partial charge in [0.15, 0.2) is 0 Å². The van der Waals surface area contributed by atoms with Crippen molar-refractivity contribution in [2.45, 2.75) is 32.6 Å². The van der Waals surface area contributed by atoms with Crippen molar-refractivity contribution in [1.82, 2.24) is 0 Å². The first-order chi connectivity index (χ1) is 15.2. The van der Waals surface area contributed by atoms with Crippen LogP contribution in [0.5, 0.6) is 11.5 Å². The maximum Gasteiger partial charge on any atom is 0.305 e. The topological polar surface area (TPSA) is 82.1 Å². The number of halogens is 4. The minimum absolute atomic E-state index is 0.0985. The fourth-order valence-corrected chi connectivity index (χ4v) is 2.76. The molecule has 6 nitrogen and oxygen atoms in total. The van der Waals surface area contributed by atoms with Crippen LogP contribution in [0.3, 0.4) is 0 Å². The molecule has 0 radical (unpaired) electrons. The third-order valence-corrected chi connectivity index (χ3v) is 5.16. The number of benzene rings is 2. The minimum Gasteiger partial charge on any atom is -0.494 e. The van der Waals surface area contributed by atoms with Gasteiger partial charge < -0.3 is 19.3 Å². The lowest BCUT2D eigenvalue weighted by Gasteiger charge is -2.06. The van der Waals surface area contributed by atoms with Gasteiger partial charge in [-0.15, -0.1) is 0 Å². The van der Waals surface area contributed by atoms with Gasteiger partial charge in [0.25, 0.3) is 0 Å². The number of carbonyl (C=O) groups is 2. The maximum absolute atomic E-state index is 11.0. The van der Waals surface area contributed by atoms with E-state index in [1.54, 1.807) is 43.3 Å². The molecular weight excluding hydrogens is 502 g/mol. The Labute approximate surface area is 207 Å². The molecule has 2 aromatic carbocycles. The maximum atomic E-state index is 11.0. The summed E-state index contributed by atoms with van der Waals surface area (Å²) in [5.74, 6) is 0.205. The molecule has 0 unspecified atom stereocenters. The lowest BCUT2D eigenvalue weighted by Crippen LogP contribution is -2.06. The summed E-state index contributed by atoms with van der Waals surface area (Å²) >= 11 is 23.1. The van der Waals surface area contributed by atoms with Crippen molar-refractivity contribution in [3.63, 3.8) is 0 Å². The molecule has 0 aliphatic carbocycles. The van der Waals surface area contributed by atoms with Crippen LogP contribution in [0, 0.1) is 0 Å². The van der Waals surface area contributed by atoms with E-state index in [0.717, 1.165) is 0 Å². The van der Waals surface area contributed by atoms with E-state index in [9.17, 15) is 9.59 Å². The van der Waals surface area contributed by atoms with Crippen LogP contribution in [-0.4, -0.2) is 36.9 Å². The van der Waals surface area contributed by atoms with Gasteiger partial charge in [0.1, 0.15) is 11.5 Å². The Balaban J connectivity index is 0.000000323. The highest BCUT2D eigenvalue weighted by atomic mass is 35.5. The molecule has 10 heteroatoms. The Morgan fingerprint density at radius 1 is 0.781 bits per heavy atom. The zero-order valence-corrected chi connectivity index (χ0v) is 20.4. The van der Waals surface area contributed by atoms with E-state index in [0.29, 0.717) is 70.7 Å². The Bertz CT molecular complexity index is 875. The molecule has 0 saturated heterocycles. The Morgan fingerprint density at radius 2 is 1.25 bits per heavy atom. The van der Waals surface area contributed by atoms with Crippen LogP contribution in [-0.2, 0) is 14.3 Å². The van der Waals surface area contributed by atoms with Crippen molar-refractivity contribution in [2.24, 2.45) is 0 Å². The first-order valence-electron chi connectivity index (χ1n) is 9.76. The Morgan fingerprint density at radius 3 is 1.66 bits per heavy atom. The molecular formula is C22H24Cl4O6. The van der Waals surface area contributed by atoms with Gasteiger partial charge in [-0.2, -0.15) is 0 Å². The number of hydrogen-bond acceptors (Lipinski definition) is 5. The highest BCUT2D eigenvalue weighted by molar-refractivity contribution is 6.42. The number of hydrogen-bond donors (Lipinski definition) is 1. The predicted octanol–water partition coefficient (Wildman–Crippen LogP) is 6.95. The average Bonchev–Trinajstić information content (AvgIpc) is 2.74. The first kappa shape index (κ1) is 28.2. The molecule has 0 fully saturated rings. The fraction of sp³-hybridized carbons (Fsp3) is 0.364. The van der Waals surface area contributed by atoms with Crippen LogP contribution >= 0.6 is 46.4 Å². The molecule has 0 bridgehead atoms. The SMILES string of the molecule is CCOC(=O)CCCOc1ccc(Cl)c(Cl)c1.O=C(O)CCCOc1ccc(Cl)c(Cl)c1. The summed E-state index contributed by atoms with van der Waals surface area (Å²) < 4.78 is 15.5. The lowest BCUT2D eigenvalue weighted by atomic mass is 10.3. The summed E-state index contributed by atoms with van der Waals surface area (Å²) in [7, 11) is 0. The molecule has 176 valence electrons. The number of rotatable bonds is 11. The van der Waals surface area contributed by atoms with Crippen LogP contribution in [0.25, 0.3) is 0 Å². The van der Waals surface area contributed by atoms with Gasteiger partial charge in [-0.25, -0.2) is 0 Å². The highest BCUT2D eigenvalue weighted by Crippen LogP contribution is 2.27. The third kappa shape index (κ3) is 12.2. The van der Waals surface area contributed by atoms with E-state index in [-0.39, 0.29) is 12.4 Å². The summed E-state index contributed by atoms with van der Waals surface area (Å²) in [4.78, 5) is 21.3. The van der Waals surface area contributed by atoms with Crippen LogP contribution < -0.4 is 9.47 Å². The molecule has 0 saturated carbocycles. The summed E-state index contributed by atoms with van der Waals surface area (Å²) in [6, 6.07) is 9.98. The predicted molar refractivity (Wildman–Crippen MR) is 127 cm³/mol. The number of aliphatic carboxylic acids is 1. The molecule has 0 amide bonds. The molecule has 0 spiro atoms. The van der Waals surface area contributed by atoms with E-state index in [2.05, 4.69) is 0 Å². The third-order valence-electron chi connectivity index (χ3n) is 3.69. The Hall–Kier alpha value is -1.86. The van der Waals surface area contributed by atoms with E-state index < -0.39 is 5.97 Å². The summed E-state index contributed by atoms with van der Waals surface area (Å²) in [6.45, 7) is 2.98. The monoisotopic (exact) mass is 524 g/mol. The van der Waals surface area contributed by atoms with Gasteiger partial charge in [0.2, 0.25) is 0 Å². The molecule has 1 N–H and O–H groups in total. The summed E-state index contributed by atoms with van der Waals surface area (Å²) in [5.41, 5.74) is 0. The standard InChI is InChI=1S/C12H14Cl2O3.C10H10Cl2O3/c1-2-16-12(15)4-3-7-17-9-5-6-10(13)11(14)8-9;11-8-4-3-7(6-9(8)12)15-5-1-2-10(13)14/h5-6,8H,2-4,7H2,1H3;3-4,6H,1-2,5H2,(H,13,14). The van der Waals surface area contributed by atoms with E-state index in [4.69, 9.17) is 65.7 Å². The van der Waals surface area contributed by atoms with Gasteiger partial charge in [0, 0.05) is 25.0 Å². The average molecular weight is 526 g/mol. The number of ether oxygens (including phenoxy) is 3. The first-order valence-corrected chi connectivity index (χ1v) is 11.3. The quantitative estimate of drug-likeness (QED) is 0.252. The molecule has 0 atom stereocenters. The van der Waals surface area contributed by atoms with Gasteiger partial charge >= 0.3 is 11.9 Å². The number of esters is 1. The van der Waals surface area contributed by atoms with Crippen molar-refractivity contribution in [3.05, 3.63) is 56.5 Å². The minimum atomic E-state index is -0.826. The normalized spacial score (nSPS) is 10.0.